The van der Waals surface area contributed by atoms with Crippen LogP contribution in [0.2, 0.25) is 0 Å². The molecule has 0 saturated heterocycles. The van der Waals surface area contributed by atoms with Crippen LogP contribution in [-0.4, -0.2) is 26.0 Å². The van der Waals surface area contributed by atoms with Crippen molar-refractivity contribution < 1.29 is 14.3 Å². The summed E-state index contributed by atoms with van der Waals surface area (Å²) in [5.41, 5.74) is 0. The minimum atomic E-state index is 0.238. The van der Waals surface area contributed by atoms with Gasteiger partial charge in [0.1, 0.15) is 6.61 Å². The monoisotopic (exact) mass is 117 g/mol. The van der Waals surface area contributed by atoms with Gasteiger partial charge in [0, 0.05) is 0 Å². The van der Waals surface area contributed by atoms with Crippen molar-refractivity contribution in [3.05, 3.63) is 0 Å². The SMILES string of the molecule is O=CNCCOC=O. The standard InChI is InChI=1S/C4H7NO3/c6-3-5-1-2-8-4-7/h3-4H,1-2H2,(H,5,6). The lowest BCUT2D eigenvalue weighted by Crippen LogP contribution is -2.16. The molecule has 0 spiro atoms. The van der Waals surface area contributed by atoms with Crippen LogP contribution in [0.25, 0.3) is 0 Å². The maximum atomic E-state index is 9.51. The molecule has 0 unspecified atom stereocenters. The lowest BCUT2D eigenvalue weighted by Gasteiger charge is -1.93. The summed E-state index contributed by atoms with van der Waals surface area (Å²) >= 11 is 0. The largest absolute Gasteiger partial charge is 0.466 e. The maximum absolute atomic E-state index is 9.51. The Labute approximate surface area is 46.8 Å². The molecule has 4 nitrogen and oxygen atoms in total. The average molecular weight is 117 g/mol. The van der Waals surface area contributed by atoms with E-state index in [2.05, 4.69) is 10.1 Å². The first kappa shape index (κ1) is 6.94. The van der Waals surface area contributed by atoms with Gasteiger partial charge in [0.25, 0.3) is 6.47 Å². The summed E-state index contributed by atoms with van der Waals surface area (Å²) in [7, 11) is 0. The molecule has 1 N–H and O–H groups in total. The van der Waals surface area contributed by atoms with Gasteiger partial charge in [-0.3, -0.25) is 9.59 Å². The lowest BCUT2D eigenvalue weighted by molar-refractivity contribution is -0.128. The van der Waals surface area contributed by atoms with Gasteiger partial charge >= 0.3 is 0 Å². The summed E-state index contributed by atoms with van der Waals surface area (Å²) in [5.74, 6) is 0. The van der Waals surface area contributed by atoms with E-state index in [4.69, 9.17) is 0 Å². The fourth-order valence-corrected chi connectivity index (χ4v) is 0.225. The lowest BCUT2D eigenvalue weighted by atomic mass is 10.7. The van der Waals surface area contributed by atoms with Gasteiger partial charge in [-0.2, -0.15) is 0 Å². The number of hydrogen-bond donors (Lipinski definition) is 1. The van der Waals surface area contributed by atoms with Gasteiger partial charge in [0.2, 0.25) is 6.41 Å². The highest BCUT2D eigenvalue weighted by Gasteiger charge is 1.79. The fourth-order valence-electron chi connectivity index (χ4n) is 0.225. The quantitative estimate of drug-likeness (QED) is 0.367. The fraction of sp³-hybridized carbons (Fsp3) is 0.500. The van der Waals surface area contributed by atoms with Crippen molar-refractivity contribution in [2.24, 2.45) is 0 Å². The van der Waals surface area contributed by atoms with Crippen LogP contribution in [0.5, 0.6) is 0 Å². The Morgan fingerprint density at radius 3 is 2.75 bits per heavy atom. The average Bonchev–Trinajstić information content (AvgIpc) is 1.81. The Balaban J connectivity index is 2.71. The molecule has 0 bridgehead atoms. The van der Waals surface area contributed by atoms with E-state index in [9.17, 15) is 9.59 Å². The molecule has 0 rings (SSSR count). The molecular formula is C4H7NO3. The molecule has 4 heteroatoms. The summed E-state index contributed by atoms with van der Waals surface area (Å²) in [6.07, 6.45) is 0.550. The van der Waals surface area contributed by atoms with Crippen molar-refractivity contribution in [1.29, 1.82) is 0 Å². The Kier molecular flexibility index (Phi) is 5.15. The second kappa shape index (κ2) is 5.94. The van der Waals surface area contributed by atoms with Crippen LogP contribution in [0.3, 0.4) is 0 Å². The first-order chi connectivity index (χ1) is 3.91. The second-order valence-corrected chi connectivity index (χ2v) is 1.04. The van der Waals surface area contributed by atoms with E-state index < -0.39 is 0 Å². The molecule has 0 aliphatic heterocycles. The van der Waals surface area contributed by atoms with Gasteiger partial charge in [0.15, 0.2) is 0 Å². The van der Waals surface area contributed by atoms with Gasteiger partial charge in [0.05, 0.1) is 6.54 Å². The van der Waals surface area contributed by atoms with Crippen LogP contribution in [-0.2, 0) is 14.3 Å². The van der Waals surface area contributed by atoms with E-state index in [1.54, 1.807) is 0 Å². The number of hydrogen-bond acceptors (Lipinski definition) is 3. The van der Waals surface area contributed by atoms with E-state index >= 15 is 0 Å². The molecule has 0 radical (unpaired) electrons. The van der Waals surface area contributed by atoms with Gasteiger partial charge in [-0.1, -0.05) is 0 Å². The zero-order valence-electron chi connectivity index (χ0n) is 4.29. The third-order valence-corrected chi connectivity index (χ3v) is 0.516. The third-order valence-electron chi connectivity index (χ3n) is 0.516. The Morgan fingerprint density at radius 2 is 2.25 bits per heavy atom. The molecule has 0 fully saturated rings. The van der Waals surface area contributed by atoms with Crippen LogP contribution in [0, 0.1) is 0 Å². The van der Waals surface area contributed by atoms with Crippen molar-refractivity contribution >= 4 is 12.9 Å². The van der Waals surface area contributed by atoms with Gasteiger partial charge in [-0.15, -0.1) is 0 Å². The van der Waals surface area contributed by atoms with Crippen molar-refractivity contribution in [3.8, 4) is 0 Å². The molecule has 0 aromatic rings. The molecule has 8 heavy (non-hydrogen) atoms. The number of amides is 1. The highest BCUT2D eigenvalue weighted by molar-refractivity contribution is 5.45. The molecule has 1 amide bonds. The summed E-state index contributed by atoms with van der Waals surface area (Å²) < 4.78 is 4.23. The van der Waals surface area contributed by atoms with Gasteiger partial charge < -0.3 is 10.1 Å². The first-order valence-electron chi connectivity index (χ1n) is 2.14. The van der Waals surface area contributed by atoms with Crippen LogP contribution in [0.15, 0.2) is 0 Å². The highest BCUT2D eigenvalue weighted by Crippen LogP contribution is 1.60. The number of carbonyl (C=O) groups excluding carboxylic acids is 2. The number of rotatable bonds is 5. The zero-order chi connectivity index (χ0) is 6.24. The van der Waals surface area contributed by atoms with E-state index in [0.29, 0.717) is 19.4 Å². The molecule has 0 saturated carbocycles. The molecule has 0 aliphatic carbocycles. The van der Waals surface area contributed by atoms with Crippen molar-refractivity contribution in [2.75, 3.05) is 13.2 Å². The maximum Gasteiger partial charge on any atom is 0.293 e. The van der Waals surface area contributed by atoms with E-state index in [1.165, 1.54) is 0 Å². The van der Waals surface area contributed by atoms with E-state index in [0.717, 1.165) is 0 Å². The van der Waals surface area contributed by atoms with Gasteiger partial charge in [-0.25, -0.2) is 0 Å². The third kappa shape index (κ3) is 4.94. The minimum absolute atomic E-state index is 0.238. The van der Waals surface area contributed by atoms with Crippen LogP contribution >= 0.6 is 0 Å². The molecule has 0 atom stereocenters. The molecular weight excluding hydrogens is 110 g/mol. The molecule has 46 valence electrons. The molecule has 0 aromatic carbocycles. The van der Waals surface area contributed by atoms with Crippen molar-refractivity contribution in [1.82, 2.24) is 5.32 Å². The summed E-state index contributed by atoms with van der Waals surface area (Å²) in [6, 6.07) is 0. The zero-order valence-corrected chi connectivity index (χ0v) is 4.29. The first-order valence-corrected chi connectivity index (χ1v) is 2.14. The number of carbonyl (C=O) groups is 2. The smallest absolute Gasteiger partial charge is 0.293 e. The topological polar surface area (TPSA) is 55.4 Å². The Bertz CT molecular complexity index is 63.7. The summed E-state index contributed by atoms with van der Waals surface area (Å²) in [5, 5.41) is 2.32. The summed E-state index contributed by atoms with van der Waals surface area (Å²) in [6.45, 7) is 0.955. The molecule has 0 aromatic heterocycles. The van der Waals surface area contributed by atoms with Crippen LogP contribution in [0.1, 0.15) is 0 Å². The predicted octanol–water partition coefficient (Wildman–Crippen LogP) is -1.09. The molecule has 0 heterocycles. The molecule has 0 aliphatic rings. The van der Waals surface area contributed by atoms with Crippen LogP contribution in [0.4, 0.5) is 0 Å². The highest BCUT2D eigenvalue weighted by atomic mass is 16.5. The van der Waals surface area contributed by atoms with Crippen molar-refractivity contribution in [3.63, 3.8) is 0 Å². The van der Waals surface area contributed by atoms with E-state index in [1.807, 2.05) is 0 Å². The van der Waals surface area contributed by atoms with Crippen molar-refractivity contribution in [2.45, 2.75) is 0 Å². The normalized spacial score (nSPS) is 7.50. The van der Waals surface area contributed by atoms with Gasteiger partial charge in [-0.05, 0) is 0 Å². The van der Waals surface area contributed by atoms with E-state index in [-0.39, 0.29) is 6.61 Å². The Hall–Kier alpha value is -1.06. The minimum Gasteiger partial charge on any atom is -0.466 e. The predicted molar refractivity (Wildman–Crippen MR) is 26.1 cm³/mol. The second-order valence-electron chi connectivity index (χ2n) is 1.04. The Morgan fingerprint density at radius 1 is 1.50 bits per heavy atom. The number of ether oxygens (including phenoxy) is 1. The number of nitrogens with one attached hydrogen (secondary N) is 1. The summed E-state index contributed by atoms with van der Waals surface area (Å²) in [4.78, 5) is 18.9. The van der Waals surface area contributed by atoms with Crippen LogP contribution < -0.4 is 5.32 Å².